The minimum absolute atomic E-state index is 0. The Morgan fingerprint density at radius 3 is 2.33 bits per heavy atom. The first-order valence-electron chi connectivity index (χ1n) is 9.58. The normalized spacial score (nSPS) is 18.2. The van der Waals surface area contributed by atoms with E-state index in [1.165, 1.54) is 6.07 Å². The summed E-state index contributed by atoms with van der Waals surface area (Å²) in [7, 11) is -3.70. The van der Waals surface area contributed by atoms with Gasteiger partial charge in [0.15, 0.2) is 11.0 Å². The highest BCUT2D eigenvalue weighted by molar-refractivity contribution is 7.90. The van der Waals surface area contributed by atoms with E-state index >= 15 is 0 Å². The number of rotatable bonds is 6. The van der Waals surface area contributed by atoms with Crippen LogP contribution in [0.1, 0.15) is 23.2 Å². The van der Waals surface area contributed by atoms with Gasteiger partial charge in [0.25, 0.3) is 15.9 Å². The second-order valence-electron chi connectivity index (χ2n) is 7.09. The molecule has 8 nitrogen and oxygen atoms in total. The first-order chi connectivity index (χ1) is 14.0. The van der Waals surface area contributed by atoms with Gasteiger partial charge in [-0.2, -0.15) is 0 Å². The number of piperazine rings is 1. The maximum absolute atomic E-state index is 12.6. The number of carbonyl (C=O) groups is 1. The number of anilines is 1. The number of nitrogens with zero attached hydrogens (tertiary/aromatic N) is 5. The molecule has 0 saturated carbocycles. The van der Waals surface area contributed by atoms with Crippen molar-refractivity contribution in [1.29, 1.82) is 0 Å². The van der Waals surface area contributed by atoms with Gasteiger partial charge in [0.2, 0.25) is 0 Å². The van der Waals surface area contributed by atoms with Crippen molar-refractivity contribution in [3.05, 3.63) is 47.4 Å². The van der Waals surface area contributed by atoms with Crippen molar-refractivity contribution in [1.82, 2.24) is 19.2 Å². The van der Waals surface area contributed by atoms with Crippen LogP contribution in [0.3, 0.4) is 0 Å². The van der Waals surface area contributed by atoms with E-state index in [0.29, 0.717) is 17.4 Å². The number of amides is 1. The lowest BCUT2D eigenvalue weighted by Crippen LogP contribution is -2.47. The molecule has 0 radical (unpaired) electrons. The van der Waals surface area contributed by atoms with Crippen LogP contribution in [0, 0.1) is 0 Å². The van der Waals surface area contributed by atoms with E-state index in [9.17, 15) is 13.2 Å². The third-order valence-electron chi connectivity index (χ3n) is 5.31. The van der Waals surface area contributed by atoms with Crippen molar-refractivity contribution < 1.29 is 13.2 Å². The SMILES string of the molecule is Cl.O=C1c2ccccc2S(=O)(=O)N1CCCCN1CCN(c2nccnc2Cl)CC1. The highest BCUT2D eigenvalue weighted by Gasteiger charge is 2.40. The highest BCUT2D eigenvalue weighted by atomic mass is 35.5. The molecule has 2 aromatic rings. The van der Waals surface area contributed by atoms with Gasteiger partial charge in [0.05, 0.1) is 5.56 Å². The fourth-order valence-corrected chi connectivity index (χ4v) is 5.58. The van der Waals surface area contributed by atoms with Crippen LogP contribution in [0.2, 0.25) is 5.15 Å². The summed E-state index contributed by atoms with van der Waals surface area (Å²) < 4.78 is 26.1. The van der Waals surface area contributed by atoms with Crippen LogP contribution in [0.5, 0.6) is 0 Å². The third kappa shape index (κ3) is 4.39. The van der Waals surface area contributed by atoms with Gasteiger partial charge in [-0.1, -0.05) is 23.7 Å². The Hall–Kier alpha value is -1.94. The Morgan fingerprint density at radius 1 is 0.967 bits per heavy atom. The number of fused-ring (bicyclic) bond motifs is 1. The Kier molecular flexibility index (Phi) is 7.18. The summed E-state index contributed by atoms with van der Waals surface area (Å²) >= 11 is 6.12. The lowest BCUT2D eigenvalue weighted by molar-refractivity contribution is 0.0868. The Morgan fingerprint density at radius 2 is 1.63 bits per heavy atom. The zero-order chi connectivity index (χ0) is 20.4. The van der Waals surface area contributed by atoms with Crippen molar-refractivity contribution in [3.63, 3.8) is 0 Å². The predicted molar refractivity (Wildman–Crippen MR) is 117 cm³/mol. The molecule has 2 aliphatic heterocycles. The van der Waals surface area contributed by atoms with E-state index in [4.69, 9.17) is 11.6 Å². The summed E-state index contributed by atoms with van der Waals surface area (Å²) in [6, 6.07) is 6.38. The van der Waals surface area contributed by atoms with E-state index in [1.54, 1.807) is 30.6 Å². The van der Waals surface area contributed by atoms with Gasteiger partial charge in [-0.05, 0) is 31.5 Å². The summed E-state index contributed by atoms with van der Waals surface area (Å²) in [5.41, 5.74) is 0.270. The van der Waals surface area contributed by atoms with E-state index in [2.05, 4.69) is 19.8 Å². The number of hydrogen-bond donors (Lipinski definition) is 0. The van der Waals surface area contributed by atoms with Gasteiger partial charge in [-0.25, -0.2) is 22.7 Å². The van der Waals surface area contributed by atoms with Gasteiger partial charge in [0.1, 0.15) is 4.90 Å². The molecule has 30 heavy (non-hydrogen) atoms. The Labute approximate surface area is 187 Å². The fourth-order valence-electron chi connectivity index (χ4n) is 3.75. The molecule has 2 aliphatic rings. The zero-order valence-corrected chi connectivity index (χ0v) is 18.7. The number of benzene rings is 1. The van der Waals surface area contributed by atoms with Crippen molar-refractivity contribution in [2.24, 2.45) is 0 Å². The maximum Gasteiger partial charge on any atom is 0.269 e. The zero-order valence-electron chi connectivity index (χ0n) is 16.3. The van der Waals surface area contributed by atoms with Gasteiger partial charge in [-0.3, -0.25) is 9.69 Å². The lowest BCUT2D eigenvalue weighted by atomic mass is 10.2. The van der Waals surface area contributed by atoms with Crippen LogP contribution in [-0.4, -0.2) is 72.8 Å². The summed E-state index contributed by atoms with van der Waals surface area (Å²) in [6.45, 7) is 4.44. The average molecular weight is 472 g/mol. The smallest absolute Gasteiger partial charge is 0.269 e. The van der Waals surface area contributed by atoms with Crippen LogP contribution < -0.4 is 4.90 Å². The summed E-state index contributed by atoms with van der Waals surface area (Å²) in [5.74, 6) is 0.293. The van der Waals surface area contributed by atoms with Crippen molar-refractivity contribution >= 4 is 45.8 Å². The third-order valence-corrected chi connectivity index (χ3v) is 7.41. The topological polar surface area (TPSA) is 86.7 Å². The van der Waals surface area contributed by atoms with E-state index in [0.717, 1.165) is 43.4 Å². The summed E-state index contributed by atoms with van der Waals surface area (Å²) in [5, 5.41) is 0.415. The molecule has 1 saturated heterocycles. The molecule has 0 spiro atoms. The standard InChI is InChI=1S/C19H22ClN5O3S.ClH/c20-17-18(22-8-7-21-17)24-13-11-23(12-14-24)9-3-4-10-25-19(26)15-5-1-2-6-16(15)29(25,27)28;/h1-2,5-8H,3-4,9-14H2;1H. The van der Waals surface area contributed by atoms with Crippen LogP contribution in [0.4, 0.5) is 5.82 Å². The van der Waals surface area contributed by atoms with Gasteiger partial charge >= 0.3 is 0 Å². The molecule has 3 heterocycles. The molecule has 11 heteroatoms. The van der Waals surface area contributed by atoms with Crippen molar-refractivity contribution in [3.8, 4) is 0 Å². The highest BCUT2D eigenvalue weighted by Crippen LogP contribution is 2.30. The fraction of sp³-hybridized carbons (Fsp3) is 0.421. The molecule has 1 aromatic carbocycles. The molecular weight excluding hydrogens is 449 g/mol. The van der Waals surface area contributed by atoms with Crippen LogP contribution >= 0.6 is 24.0 Å². The molecule has 162 valence electrons. The number of hydrogen-bond acceptors (Lipinski definition) is 7. The predicted octanol–water partition coefficient (Wildman–Crippen LogP) is 2.30. The number of sulfonamides is 1. The Bertz CT molecular complexity index is 1010. The summed E-state index contributed by atoms with van der Waals surface area (Å²) in [6.07, 6.45) is 4.67. The van der Waals surface area contributed by atoms with E-state index in [-0.39, 0.29) is 29.4 Å². The first-order valence-corrected chi connectivity index (χ1v) is 11.4. The molecule has 0 bridgehead atoms. The van der Waals surface area contributed by atoms with E-state index in [1.807, 2.05) is 0 Å². The van der Waals surface area contributed by atoms with Gasteiger partial charge < -0.3 is 4.90 Å². The Balaban J connectivity index is 0.00000256. The van der Waals surface area contributed by atoms with Crippen LogP contribution in [-0.2, 0) is 10.0 Å². The maximum atomic E-state index is 12.6. The number of halogens is 2. The molecule has 0 unspecified atom stereocenters. The molecule has 0 aliphatic carbocycles. The van der Waals surface area contributed by atoms with Gasteiger partial charge in [-0.15, -0.1) is 12.4 Å². The van der Waals surface area contributed by atoms with Crippen LogP contribution in [0.15, 0.2) is 41.6 Å². The summed E-state index contributed by atoms with van der Waals surface area (Å²) in [4.78, 5) is 25.4. The molecule has 0 N–H and O–H groups in total. The van der Waals surface area contributed by atoms with Crippen molar-refractivity contribution in [2.45, 2.75) is 17.7 Å². The minimum Gasteiger partial charge on any atom is -0.351 e. The largest absolute Gasteiger partial charge is 0.351 e. The molecular formula is C19H23Cl2N5O3S. The van der Waals surface area contributed by atoms with E-state index < -0.39 is 15.9 Å². The number of carbonyl (C=O) groups excluding carboxylic acids is 1. The second-order valence-corrected chi connectivity index (χ2v) is 9.27. The van der Waals surface area contributed by atoms with Gasteiger partial charge in [0, 0.05) is 45.1 Å². The first kappa shape index (κ1) is 22.7. The monoisotopic (exact) mass is 471 g/mol. The number of aromatic nitrogens is 2. The molecule has 0 atom stereocenters. The van der Waals surface area contributed by atoms with Crippen LogP contribution in [0.25, 0.3) is 0 Å². The molecule has 4 rings (SSSR count). The molecule has 1 amide bonds. The second kappa shape index (κ2) is 9.47. The van der Waals surface area contributed by atoms with Crippen molar-refractivity contribution in [2.75, 3.05) is 44.2 Å². The lowest BCUT2D eigenvalue weighted by Gasteiger charge is -2.35. The minimum atomic E-state index is -3.70. The average Bonchev–Trinajstić information content (AvgIpc) is 2.92. The number of unbranched alkanes of at least 4 members (excludes halogenated alkanes) is 1. The quantitative estimate of drug-likeness (QED) is 0.597. The molecule has 1 aromatic heterocycles. The molecule has 1 fully saturated rings.